The molecule has 2 saturated carbocycles. The first-order chi connectivity index (χ1) is 9.17. The van der Waals surface area contributed by atoms with Gasteiger partial charge in [0.05, 0.1) is 0 Å². The molecule has 0 aromatic heterocycles. The van der Waals surface area contributed by atoms with E-state index in [4.69, 9.17) is 5.73 Å². The summed E-state index contributed by atoms with van der Waals surface area (Å²) in [6.07, 6.45) is 11.9. The molecule has 1 amide bonds. The van der Waals surface area contributed by atoms with Crippen molar-refractivity contribution in [3.8, 4) is 0 Å². The number of carbonyl (C=O) groups is 1. The molecule has 0 bridgehead atoms. The Morgan fingerprint density at radius 1 is 1.16 bits per heavy atom. The van der Waals surface area contributed by atoms with Gasteiger partial charge in [-0.1, -0.05) is 39.0 Å². The van der Waals surface area contributed by atoms with Crippen molar-refractivity contribution in [1.29, 1.82) is 0 Å². The van der Waals surface area contributed by atoms with Gasteiger partial charge in [0, 0.05) is 18.0 Å². The minimum Gasteiger partial charge on any atom is -0.339 e. The Bertz CT molecular complexity index is 291. The van der Waals surface area contributed by atoms with Gasteiger partial charge in [-0.15, -0.1) is 0 Å². The standard InChI is InChI=1S/C16H30N2O/c1-16(10-5-6-11-16)15(19)18(13-7-12-17)14-8-3-2-4-9-14/h14H,2-13,17H2,1H3. The summed E-state index contributed by atoms with van der Waals surface area (Å²) in [7, 11) is 0. The topological polar surface area (TPSA) is 46.3 Å². The Morgan fingerprint density at radius 3 is 2.37 bits per heavy atom. The van der Waals surface area contributed by atoms with E-state index in [1.807, 2.05) is 0 Å². The van der Waals surface area contributed by atoms with E-state index in [0.29, 0.717) is 18.5 Å². The second kappa shape index (κ2) is 6.74. The van der Waals surface area contributed by atoms with Crippen molar-refractivity contribution in [1.82, 2.24) is 4.90 Å². The van der Waals surface area contributed by atoms with Crippen LogP contribution in [0.3, 0.4) is 0 Å². The summed E-state index contributed by atoms with van der Waals surface area (Å²) in [6, 6.07) is 0.491. The maximum absolute atomic E-state index is 13.0. The quantitative estimate of drug-likeness (QED) is 0.831. The predicted octanol–water partition coefficient (Wildman–Crippen LogP) is 3.08. The lowest BCUT2D eigenvalue weighted by Crippen LogP contribution is -2.48. The van der Waals surface area contributed by atoms with Gasteiger partial charge >= 0.3 is 0 Å². The predicted molar refractivity (Wildman–Crippen MR) is 78.8 cm³/mol. The zero-order chi connectivity index (χ0) is 13.7. The molecule has 2 N–H and O–H groups in total. The third kappa shape index (κ3) is 3.50. The van der Waals surface area contributed by atoms with Gasteiger partial charge in [0.2, 0.25) is 5.91 Å². The maximum atomic E-state index is 13.0. The highest BCUT2D eigenvalue weighted by molar-refractivity contribution is 5.83. The third-order valence-corrected chi connectivity index (χ3v) is 5.10. The van der Waals surface area contributed by atoms with Crippen LogP contribution in [0, 0.1) is 5.41 Å². The van der Waals surface area contributed by atoms with Crippen molar-refractivity contribution in [2.24, 2.45) is 11.1 Å². The summed E-state index contributed by atoms with van der Waals surface area (Å²) in [5.41, 5.74) is 5.58. The largest absolute Gasteiger partial charge is 0.339 e. The first kappa shape index (κ1) is 14.8. The van der Waals surface area contributed by atoms with Crippen molar-refractivity contribution < 1.29 is 4.79 Å². The molecule has 2 aliphatic rings. The minimum atomic E-state index is -0.0773. The van der Waals surface area contributed by atoms with E-state index in [1.54, 1.807) is 0 Å². The molecule has 0 aromatic carbocycles. The monoisotopic (exact) mass is 266 g/mol. The number of amides is 1. The number of hydrogen-bond donors (Lipinski definition) is 1. The molecule has 0 aliphatic heterocycles. The highest BCUT2D eigenvalue weighted by Gasteiger charge is 2.40. The molecule has 3 nitrogen and oxygen atoms in total. The Labute approximate surface area is 117 Å². The second-order valence-corrected chi connectivity index (χ2v) is 6.70. The SMILES string of the molecule is CC1(C(=O)N(CCCN)C2CCCCC2)CCCC1. The van der Waals surface area contributed by atoms with Crippen LogP contribution in [0.4, 0.5) is 0 Å². The highest BCUT2D eigenvalue weighted by atomic mass is 16.2. The fraction of sp³-hybridized carbons (Fsp3) is 0.938. The maximum Gasteiger partial charge on any atom is 0.228 e. The molecule has 110 valence electrons. The van der Waals surface area contributed by atoms with Gasteiger partial charge < -0.3 is 10.6 Å². The lowest BCUT2D eigenvalue weighted by Gasteiger charge is -2.39. The zero-order valence-electron chi connectivity index (χ0n) is 12.5. The molecule has 2 fully saturated rings. The molecule has 0 atom stereocenters. The van der Waals surface area contributed by atoms with Crippen LogP contribution in [-0.2, 0) is 4.79 Å². The van der Waals surface area contributed by atoms with Crippen molar-refractivity contribution >= 4 is 5.91 Å². The van der Waals surface area contributed by atoms with E-state index in [1.165, 1.54) is 44.9 Å². The third-order valence-electron chi connectivity index (χ3n) is 5.10. The Morgan fingerprint density at radius 2 is 1.79 bits per heavy atom. The number of nitrogens with two attached hydrogens (primary N) is 1. The smallest absolute Gasteiger partial charge is 0.228 e. The molecule has 0 unspecified atom stereocenters. The highest BCUT2D eigenvalue weighted by Crippen LogP contribution is 2.40. The summed E-state index contributed by atoms with van der Waals surface area (Å²) >= 11 is 0. The fourth-order valence-corrected chi connectivity index (χ4v) is 3.82. The normalized spacial score (nSPS) is 23.5. The van der Waals surface area contributed by atoms with Gasteiger partial charge in [0.15, 0.2) is 0 Å². The lowest BCUT2D eigenvalue weighted by atomic mass is 9.85. The van der Waals surface area contributed by atoms with Crippen LogP contribution in [0.5, 0.6) is 0 Å². The molecule has 0 saturated heterocycles. The molecule has 2 rings (SSSR count). The number of nitrogens with zero attached hydrogens (tertiary/aromatic N) is 1. The van der Waals surface area contributed by atoms with Crippen LogP contribution >= 0.6 is 0 Å². The lowest BCUT2D eigenvalue weighted by molar-refractivity contribution is -0.144. The zero-order valence-corrected chi connectivity index (χ0v) is 12.5. The number of rotatable bonds is 5. The number of hydrogen-bond acceptors (Lipinski definition) is 2. The summed E-state index contributed by atoms with van der Waals surface area (Å²) in [5, 5.41) is 0. The molecule has 19 heavy (non-hydrogen) atoms. The van der Waals surface area contributed by atoms with Crippen LogP contribution in [0.2, 0.25) is 0 Å². The fourth-order valence-electron chi connectivity index (χ4n) is 3.82. The first-order valence-corrected chi connectivity index (χ1v) is 8.18. The average Bonchev–Trinajstić information content (AvgIpc) is 2.88. The van der Waals surface area contributed by atoms with E-state index in [9.17, 15) is 4.79 Å². The molecule has 0 aromatic rings. The minimum absolute atomic E-state index is 0.0773. The van der Waals surface area contributed by atoms with Gasteiger partial charge in [0.1, 0.15) is 0 Å². The van der Waals surface area contributed by atoms with E-state index >= 15 is 0 Å². The summed E-state index contributed by atoms with van der Waals surface area (Å²) in [5.74, 6) is 0.422. The van der Waals surface area contributed by atoms with Crippen molar-refractivity contribution in [2.45, 2.75) is 77.2 Å². The molecule has 2 aliphatic carbocycles. The van der Waals surface area contributed by atoms with Crippen LogP contribution < -0.4 is 5.73 Å². The van der Waals surface area contributed by atoms with Gasteiger partial charge in [0.25, 0.3) is 0 Å². The average molecular weight is 266 g/mol. The van der Waals surface area contributed by atoms with Crippen LogP contribution in [0.1, 0.15) is 71.1 Å². The van der Waals surface area contributed by atoms with Gasteiger partial charge in [-0.2, -0.15) is 0 Å². The summed E-state index contributed by atoms with van der Waals surface area (Å²) < 4.78 is 0. The molecular formula is C16H30N2O. The summed E-state index contributed by atoms with van der Waals surface area (Å²) in [4.78, 5) is 15.2. The van der Waals surface area contributed by atoms with Crippen molar-refractivity contribution in [3.05, 3.63) is 0 Å². The van der Waals surface area contributed by atoms with E-state index in [-0.39, 0.29) is 5.41 Å². The van der Waals surface area contributed by atoms with E-state index in [2.05, 4.69) is 11.8 Å². The Hall–Kier alpha value is -0.570. The second-order valence-electron chi connectivity index (χ2n) is 6.70. The Kier molecular flexibility index (Phi) is 5.26. The molecule has 0 radical (unpaired) electrons. The molecular weight excluding hydrogens is 236 g/mol. The van der Waals surface area contributed by atoms with Crippen molar-refractivity contribution in [2.75, 3.05) is 13.1 Å². The Balaban J connectivity index is 2.04. The van der Waals surface area contributed by atoms with E-state index in [0.717, 1.165) is 25.8 Å². The van der Waals surface area contributed by atoms with E-state index < -0.39 is 0 Å². The molecule has 3 heteroatoms. The molecule has 0 heterocycles. The van der Waals surface area contributed by atoms with Gasteiger partial charge in [-0.05, 0) is 38.6 Å². The van der Waals surface area contributed by atoms with Gasteiger partial charge in [-0.25, -0.2) is 0 Å². The van der Waals surface area contributed by atoms with Crippen LogP contribution in [0.25, 0.3) is 0 Å². The van der Waals surface area contributed by atoms with Crippen molar-refractivity contribution in [3.63, 3.8) is 0 Å². The van der Waals surface area contributed by atoms with Crippen LogP contribution in [-0.4, -0.2) is 29.9 Å². The van der Waals surface area contributed by atoms with Gasteiger partial charge in [-0.3, -0.25) is 4.79 Å². The first-order valence-electron chi connectivity index (χ1n) is 8.18. The summed E-state index contributed by atoms with van der Waals surface area (Å²) in [6.45, 7) is 3.74. The number of carbonyl (C=O) groups excluding carboxylic acids is 1. The van der Waals surface area contributed by atoms with Crippen LogP contribution in [0.15, 0.2) is 0 Å². The molecule has 0 spiro atoms.